The van der Waals surface area contributed by atoms with Crippen molar-refractivity contribution in [3.63, 3.8) is 0 Å². The van der Waals surface area contributed by atoms with E-state index in [2.05, 4.69) is 144 Å². The van der Waals surface area contributed by atoms with Crippen molar-refractivity contribution in [2.45, 2.75) is 11.3 Å². The fourth-order valence-electron chi connectivity index (χ4n) is 6.61. The molecule has 0 unspecified atom stereocenters. The van der Waals surface area contributed by atoms with Gasteiger partial charge < -0.3 is 4.57 Å². The summed E-state index contributed by atoms with van der Waals surface area (Å²) in [5.41, 5.74) is 14.5. The van der Waals surface area contributed by atoms with Crippen LogP contribution in [0.1, 0.15) is 11.1 Å². The number of benzene rings is 6. The smallest absolute Gasteiger partial charge is 0.0541 e. The van der Waals surface area contributed by atoms with E-state index in [-0.39, 0.29) is 0 Å². The third-order valence-electron chi connectivity index (χ3n) is 8.38. The standard InChI is InChI=1S/C38H27NS/c1-40-37-19-9-16-33(30-15-8-14-29-28-11-3-2-10-26(28)24-34(29)30)38(37)25-20-22-27(23-21-25)39-35-17-6-4-12-31(35)32-13-5-7-18-36(32)39/h2-23H,24H2,1H3. The average Bonchev–Trinajstić information content (AvgIpc) is 3.57. The van der Waals surface area contributed by atoms with Gasteiger partial charge in [0.15, 0.2) is 0 Å². The summed E-state index contributed by atoms with van der Waals surface area (Å²) >= 11 is 1.82. The molecule has 0 saturated heterocycles. The van der Waals surface area contributed by atoms with Crippen LogP contribution in [0.2, 0.25) is 0 Å². The summed E-state index contributed by atoms with van der Waals surface area (Å²) in [4.78, 5) is 1.30. The zero-order chi connectivity index (χ0) is 26.6. The molecular formula is C38H27NS. The molecule has 0 bridgehead atoms. The monoisotopic (exact) mass is 529 g/mol. The topological polar surface area (TPSA) is 4.93 Å². The molecule has 0 fully saturated rings. The molecule has 0 atom stereocenters. The molecule has 0 N–H and O–H groups in total. The lowest BCUT2D eigenvalue weighted by Gasteiger charge is -2.18. The lowest BCUT2D eigenvalue weighted by molar-refractivity contribution is 1.18. The lowest BCUT2D eigenvalue weighted by Crippen LogP contribution is -1.95. The number of nitrogens with zero attached hydrogens (tertiary/aromatic N) is 1. The van der Waals surface area contributed by atoms with Crippen LogP contribution < -0.4 is 0 Å². The van der Waals surface area contributed by atoms with E-state index in [9.17, 15) is 0 Å². The second-order valence-electron chi connectivity index (χ2n) is 10.5. The summed E-state index contributed by atoms with van der Waals surface area (Å²) in [5, 5.41) is 2.58. The summed E-state index contributed by atoms with van der Waals surface area (Å²) in [5.74, 6) is 0. The van der Waals surface area contributed by atoms with Crippen molar-refractivity contribution in [2.24, 2.45) is 0 Å². The van der Waals surface area contributed by atoms with Gasteiger partial charge in [-0.15, -0.1) is 11.8 Å². The molecule has 0 saturated carbocycles. The molecular weight excluding hydrogens is 502 g/mol. The first-order chi connectivity index (χ1) is 19.8. The third kappa shape index (κ3) is 3.50. The highest BCUT2D eigenvalue weighted by molar-refractivity contribution is 7.98. The molecule has 7 aromatic rings. The van der Waals surface area contributed by atoms with Crippen LogP contribution in [-0.4, -0.2) is 10.8 Å². The average molecular weight is 530 g/mol. The number of hydrogen-bond acceptors (Lipinski definition) is 1. The van der Waals surface area contributed by atoms with Crippen LogP contribution >= 0.6 is 11.8 Å². The summed E-state index contributed by atoms with van der Waals surface area (Å²) in [6, 6.07) is 49.0. The second kappa shape index (κ2) is 9.29. The maximum absolute atomic E-state index is 2.39. The van der Waals surface area contributed by atoms with E-state index in [1.54, 1.807) is 0 Å². The molecule has 40 heavy (non-hydrogen) atoms. The fourth-order valence-corrected chi connectivity index (χ4v) is 7.26. The van der Waals surface area contributed by atoms with Gasteiger partial charge in [-0.3, -0.25) is 0 Å². The number of fused-ring (bicyclic) bond motifs is 6. The Hall–Kier alpha value is -4.53. The number of aromatic nitrogens is 1. The van der Waals surface area contributed by atoms with Crippen LogP contribution in [-0.2, 0) is 6.42 Å². The second-order valence-corrected chi connectivity index (χ2v) is 11.3. The van der Waals surface area contributed by atoms with Crippen molar-refractivity contribution in [1.29, 1.82) is 0 Å². The van der Waals surface area contributed by atoms with Crippen LogP contribution in [0.25, 0.3) is 60.9 Å². The Kier molecular flexibility index (Phi) is 5.43. The van der Waals surface area contributed by atoms with Gasteiger partial charge in [-0.1, -0.05) is 103 Å². The SMILES string of the molecule is CSc1cccc(-c2cccc3c2Cc2ccccc2-3)c1-c1ccc(-n2c3ccccc3c3ccccc32)cc1. The highest BCUT2D eigenvalue weighted by Crippen LogP contribution is 2.46. The van der Waals surface area contributed by atoms with Crippen molar-refractivity contribution in [3.8, 4) is 39.1 Å². The van der Waals surface area contributed by atoms with Crippen LogP contribution in [0.3, 0.4) is 0 Å². The van der Waals surface area contributed by atoms with Gasteiger partial charge in [0, 0.05) is 26.9 Å². The zero-order valence-corrected chi connectivity index (χ0v) is 23.1. The van der Waals surface area contributed by atoms with Crippen LogP contribution in [0.5, 0.6) is 0 Å². The zero-order valence-electron chi connectivity index (χ0n) is 22.3. The predicted octanol–water partition coefficient (Wildman–Crippen LogP) is 10.4. The van der Waals surface area contributed by atoms with Crippen molar-refractivity contribution in [2.75, 3.05) is 6.26 Å². The maximum Gasteiger partial charge on any atom is 0.0541 e. The Morgan fingerprint density at radius 1 is 0.525 bits per heavy atom. The first-order valence-electron chi connectivity index (χ1n) is 13.8. The normalized spacial score (nSPS) is 12.1. The molecule has 1 aromatic heterocycles. The molecule has 0 spiro atoms. The van der Waals surface area contributed by atoms with E-state index in [0.29, 0.717) is 0 Å². The first-order valence-corrected chi connectivity index (χ1v) is 15.0. The Morgan fingerprint density at radius 3 is 1.82 bits per heavy atom. The number of thioether (sulfide) groups is 1. The Bertz CT molecular complexity index is 2010. The molecule has 0 radical (unpaired) electrons. The van der Waals surface area contributed by atoms with E-state index >= 15 is 0 Å². The minimum atomic E-state index is 0.983. The summed E-state index contributed by atoms with van der Waals surface area (Å²) in [7, 11) is 0. The Balaban J connectivity index is 1.29. The predicted molar refractivity (Wildman–Crippen MR) is 172 cm³/mol. The van der Waals surface area contributed by atoms with Crippen molar-refractivity contribution >= 4 is 33.6 Å². The van der Waals surface area contributed by atoms with Crippen molar-refractivity contribution in [1.82, 2.24) is 4.57 Å². The quantitative estimate of drug-likeness (QED) is 0.205. The molecule has 8 rings (SSSR count). The molecule has 0 aliphatic heterocycles. The first kappa shape index (κ1) is 23.4. The molecule has 0 amide bonds. The molecule has 1 aliphatic carbocycles. The Morgan fingerprint density at radius 2 is 1.10 bits per heavy atom. The number of para-hydroxylation sites is 2. The molecule has 1 nitrogen and oxygen atoms in total. The summed E-state index contributed by atoms with van der Waals surface area (Å²) < 4.78 is 2.39. The van der Waals surface area contributed by atoms with E-state index in [1.807, 2.05) is 11.8 Å². The highest BCUT2D eigenvalue weighted by Gasteiger charge is 2.23. The van der Waals surface area contributed by atoms with Gasteiger partial charge in [-0.2, -0.15) is 0 Å². The summed E-state index contributed by atoms with van der Waals surface area (Å²) in [6.45, 7) is 0. The van der Waals surface area contributed by atoms with Gasteiger partial charge in [-0.05, 0) is 82.0 Å². The molecule has 1 aliphatic rings. The fraction of sp³-hybridized carbons (Fsp3) is 0.0526. The van der Waals surface area contributed by atoms with E-state index in [4.69, 9.17) is 0 Å². The van der Waals surface area contributed by atoms with Gasteiger partial charge in [0.25, 0.3) is 0 Å². The van der Waals surface area contributed by atoms with Crippen LogP contribution in [0.4, 0.5) is 0 Å². The van der Waals surface area contributed by atoms with Crippen molar-refractivity contribution in [3.05, 3.63) is 145 Å². The largest absolute Gasteiger partial charge is 0.309 e. The lowest BCUT2D eigenvalue weighted by atomic mass is 9.90. The van der Waals surface area contributed by atoms with E-state index in [1.165, 1.54) is 76.9 Å². The minimum absolute atomic E-state index is 0.983. The molecule has 2 heteroatoms. The van der Waals surface area contributed by atoms with E-state index < -0.39 is 0 Å². The van der Waals surface area contributed by atoms with Gasteiger partial charge in [0.2, 0.25) is 0 Å². The van der Waals surface area contributed by atoms with Crippen molar-refractivity contribution < 1.29 is 0 Å². The maximum atomic E-state index is 2.39. The molecule has 1 heterocycles. The number of rotatable bonds is 4. The van der Waals surface area contributed by atoms with Gasteiger partial charge in [0.05, 0.1) is 11.0 Å². The van der Waals surface area contributed by atoms with Gasteiger partial charge in [0.1, 0.15) is 0 Å². The Labute approximate surface area is 238 Å². The van der Waals surface area contributed by atoms with Gasteiger partial charge in [-0.25, -0.2) is 0 Å². The minimum Gasteiger partial charge on any atom is -0.309 e. The van der Waals surface area contributed by atoms with Gasteiger partial charge >= 0.3 is 0 Å². The molecule has 6 aromatic carbocycles. The molecule has 190 valence electrons. The van der Waals surface area contributed by atoms with E-state index in [0.717, 1.165) is 6.42 Å². The third-order valence-corrected chi connectivity index (χ3v) is 9.16. The highest BCUT2D eigenvalue weighted by atomic mass is 32.2. The number of hydrogen-bond donors (Lipinski definition) is 0. The van der Waals surface area contributed by atoms with Crippen LogP contribution in [0, 0.1) is 0 Å². The summed E-state index contributed by atoms with van der Waals surface area (Å²) in [6.07, 6.45) is 3.16. The van der Waals surface area contributed by atoms with Crippen LogP contribution in [0.15, 0.2) is 138 Å².